The largest absolute Gasteiger partial charge is 0.463 e. The van der Waals surface area contributed by atoms with Crippen LogP contribution in [0.2, 0.25) is 10.0 Å². The van der Waals surface area contributed by atoms with Crippen LogP contribution in [-0.2, 0) is 14.3 Å². The highest BCUT2D eigenvalue weighted by molar-refractivity contribution is 6.36. The maximum absolute atomic E-state index is 12.6. The summed E-state index contributed by atoms with van der Waals surface area (Å²) in [5.41, 5.74) is 1.81. The number of ether oxygens (including phenoxy) is 1. The molecule has 0 spiro atoms. The van der Waals surface area contributed by atoms with Gasteiger partial charge < -0.3 is 15.2 Å². The minimum atomic E-state index is -0.871. The lowest BCUT2D eigenvalue weighted by Gasteiger charge is -2.31. The van der Waals surface area contributed by atoms with Crippen LogP contribution in [-0.4, -0.2) is 23.5 Å². The van der Waals surface area contributed by atoms with E-state index in [1.54, 1.807) is 45.1 Å². The number of hydrogen-bond donors (Lipinski definition) is 2. The fourth-order valence-electron chi connectivity index (χ4n) is 2.97. The lowest BCUT2D eigenvalue weighted by Crippen LogP contribution is -2.32. The molecule has 136 valence electrons. The van der Waals surface area contributed by atoms with Gasteiger partial charge in [-0.1, -0.05) is 29.3 Å². The normalized spacial score (nSPS) is 16.6. The van der Waals surface area contributed by atoms with Crippen molar-refractivity contribution in [2.24, 2.45) is 0 Å². The Labute approximate surface area is 161 Å². The van der Waals surface area contributed by atoms with Crippen LogP contribution in [0.25, 0.3) is 0 Å². The Balaban J connectivity index is 2.80. The number of aliphatic hydroxyl groups is 1. The zero-order valence-corrected chi connectivity index (χ0v) is 16.0. The van der Waals surface area contributed by atoms with Crippen LogP contribution >= 0.6 is 23.2 Å². The summed E-state index contributed by atoms with van der Waals surface area (Å²) >= 11 is 12.7. The number of allylic oxidation sites excluding steroid dienone is 3. The lowest BCUT2D eigenvalue weighted by molar-refractivity contribution is -0.138. The number of esters is 1. The fraction of sp³-hybridized carbons (Fsp3) is 0.263. The molecule has 1 aromatic rings. The van der Waals surface area contributed by atoms with Gasteiger partial charge in [0, 0.05) is 38.5 Å². The van der Waals surface area contributed by atoms with Crippen LogP contribution in [0.4, 0.5) is 0 Å². The summed E-state index contributed by atoms with van der Waals surface area (Å²) in [6.45, 7) is 5.23. The van der Waals surface area contributed by atoms with Gasteiger partial charge in [0.05, 0.1) is 18.1 Å². The number of Topliss-reactive ketones (excluding diaryl/α,β-unsaturated/α-hetero) is 1. The standard InChI is InChI=1S/C19H17Cl2NO4/c1-4-26-19(25)16-11(3)22-10(2)15(14(24)8-9-23)18(16)17-12(20)6-5-7-13(17)21/h5-7,18,22-23H,4H2,1-3H3. The summed E-state index contributed by atoms with van der Waals surface area (Å²) in [7, 11) is 0. The molecule has 2 N–H and O–H groups in total. The average molecular weight is 394 g/mol. The molecule has 0 aromatic heterocycles. The molecule has 26 heavy (non-hydrogen) atoms. The molecule has 0 saturated heterocycles. The number of benzene rings is 1. The number of carbonyl (C=O) groups excluding carboxylic acids is 2. The number of rotatable bonds is 4. The third kappa shape index (κ3) is 3.72. The Morgan fingerprint density at radius 1 is 1.19 bits per heavy atom. The van der Waals surface area contributed by atoms with E-state index in [0.29, 0.717) is 27.0 Å². The molecule has 1 unspecified atom stereocenters. The van der Waals surface area contributed by atoms with E-state index in [2.05, 4.69) is 11.2 Å². The average Bonchev–Trinajstić information content (AvgIpc) is 2.54. The molecular formula is C19H17Cl2NO4. The van der Waals surface area contributed by atoms with Crippen molar-refractivity contribution in [1.82, 2.24) is 5.32 Å². The van der Waals surface area contributed by atoms with Gasteiger partial charge in [0.1, 0.15) is 6.11 Å². The Morgan fingerprint density at radius 3 is 2.31 bits per heavy atom. The number of dihydropyridines is 1. The van der Waals surface area contributed by atoms with Crippen molar-refractivity contribution in [1.29, 1.82) is 0 Å². The molecule has 0 saturated carbocycles. The van der Waals surface area contributed by atoms with Crippen LogP contribution in [0.5, 0.6) is 0 Å². The number of aliphatic hydroxyl groups excluding tert-OH is 1. The van der Waals surface area contributed by atoms with Gasteiger partial charge in [0.2, 0.25) is 5.78 Å². The second-order valence-corrected chi connectivity index (χ2v) is 6.37. The molecule has 1 aliphatic heterocycles. The van der Waals surface area contributed by atoms with Crippen molar-refractivity contribution in [3.05, 3.63) is 56.3 Å². The quantitative estimate of drug-likeness (QED) is 0.602. The van der Waals surface area contributed by atoms with Crippen LogP contribution in [0.15, 0.2) is 40.7 Å². The third-order valence-electron chi connectivity index (χ3n) is 3.96. The Morgan fingerprint density at radius 2 is 1.77 bits per heavy atom. The smallest absolute Gasteiger partial charge is 0.336 e. The van der Waals surface area contributed by atoms with Crippen LogP contribution in [0.3, 0.4) is 0 Å². The zero-order valence-electron chi connectivity index (χ0n) is 14.4. The number of halogens is 2. The summed E-state index contributed by atoms with van der Waals surface area (Å²) < 4.78 is 5.16. The molecule has 2 rings (SSSR count). The first-order valence-corrected chi connectivity index (χ1v) is 8.58. The number of carbonyl (C=O) groups is 2. The molecule has 7 heteroatoms. The van der Waals surface area contributed by atoms with Gasteiger partial charge in [-0.2, -0.15) is 0 Å². The zero-order chi connectivity index (χ0) is 19.4. The van der Waals surface area contributed by atoms with Crippen molar-refractivity contribution < 1.29 is 19.4 Å². The van der Waals surface area contributed by atoms with Gasteiger partial charge in [-0.3, -0.25) is 4.79 Å². The summed E-state index contributed by atoms with van der Waals surface area (Å²) in [6.07, 6.45) is 1.61. The van der Waals surface area contributed by atoms with E-state index in [-0.39, 0.29) is 17.8 Å². The van der Waals surface area contributed by atoms with Crippen LogP contribution < -0.4 is 5.32 Å². The first-order chi connectivity index (χ1) is 12.3. The lowest BCUT2D eigenvalue weighted by atomic mass is 9.78. The second-order valence-electron chi connectivity index (χ2n) is 5.56. The van der Waals surface area contributed by atoms with Gasteiger partial charge in [-0.15, -0.1) is 0 Å². The summed E-state index contributed by atoms with van der Waals surface area (Å²) in [6, 6.07) is 4.91. The fourth-order valence-corrected chi connectivity index (χ4v) is 3.58. The van der Waals surface area contributed by atoms with E-state index in [9.17, 15) is 9.59 Å². The SMILES string of the molecule is CCOC(=O)C1=C(C)NC(C)=C(C(=O)C#CO)C1c1c(Cl)cccc1Cl. The summed E-state index contributed by atoms with van der Waals surface area (Å²) in [4.78, 5) is 25.2. The minimum Gasteiger partial charge on any atom is -0.463 e. The topological polar surface area (TPSA) is 75.6 Å². The molecule has 0 radical (unpaired) electrons. The maximum atomic E-state index is 12.6. The molecule has 1 atom stereocenters. The number of hydrogen-bond acceptors (Lipinski definition) is 5. The maximum Gasteiger partial charge on any atom is 0.336 e. The molecule has 5 nitrogen and oxygen atoms in total. The predicted octanol–water partition coefficient (Wildman–Crippen LogP) is 3.69. The van der Waals surface area contributed by atoms with E-state index in [4.69, 9.17) is 33.0 Å². The monoisotopic (exact) mass is 393 g/mol. The van der Waals surface area contributed by atoms with E-state index < -0.39 is 17.7 Å². The predicted molar refractivity (Wildman–Crippen MR) is 99.1 cm³/mol. The van der Waals surface area contributed by atoms with E-state index in [1.807, 2.05) is 0 Å². The van der Waals surface area contributed by atoms with Crippen molar-refractivity contribution in [2.45, 2.75) is 26.7 Å². The van der Waals surface area contributed by atoms with Gasteiger partial charge in [-0.25, -0.2) is 4.79 Å². The molecule has 1 aliphatic rings. The van der Waals surface area contributed by atoms with E-state index in [0.717, 1.165) is 0 Å². The highest BCUT2D eigenvalue weighted by Gasteiger charge is 2.38. The highest BCUT2D eigenvalue weighted by atomic mass is 35.5. The second kappa shape index (κ2) is 8.31. The Hall–Kier alpha value is -2.42. The number of nitrogens with one attached hydrogen (secondary N) is 1. The van der Waals surface area contributed by atoms with Crippen molar-refractivity contribution in [3.63, 3.8) is 0 Å². The molecule has 0 fully saturated rings. The van der Waals surface area contributed by atoms with E-state index in [1.165, 1.54) is 0 Å². The Bertz CT molecular complexity index is 870. The molecule has 0 bridgehead atoms. The molecular weight excluding hydrogens is 377 g/mol. The van der Waals surface area contributed by atoms with Gasteiger partial charge in [0.25, 0.3) is 0 Å². The highest BCUT2D eigenvalue weighted by Crippen LogP contribution is 2.44. The van der Waals surface area contributed by atoms with Crippen LogP contribution in [0.1, 0.15) is 32.3 Å². The summed E-state index contributed by atoms with van der Waals surface area (Å²) in [5, 5.41) is 12.4. The van der Waals surface area contributed by atoms with Gasteiger partial charge >= 0.3 is 5.97 Å². The van der Waals surface area contributed by atoms with Gasteiger partial charge in [0.15, 0.2) is 0 Å². The van der Waals surface area contributed by atoms with Crippen molar-refractivity contribution in [3.8, 4) is 12.0 Å². The first-order valence-electron chi connectivity index (χ1n) is 7.82. The van der Waals surface area contributed by atoms with Crippen LogP contribution in [0, 0.1) is 12.0 Å². The molecule has 1 heterocycles. The molecule has 0 aliphatic carbocycles. The first kappa shape index (κ1) is 19.9. The number of ketones is 1. The van der Waals surface area contributed by atoms with Crippen molar-refractivity contribution >= 4 is 35.0 Å². The summed E-state index contributed by atoms with van der Waals surface area (Å²) in [5.74, 6) is -0.00715. The Kier molecular flexibility index (Phi) is 6.36. The molecule has 1 aromatic carbocycles. The van der Waals surface area contributed by atoms with Crippen molar-refractivity contribution in [2.75, 3.05) is 6.61 Å². The third-order valence-corrected chi connectivity index (χ3v) is 4.62. The van der Waals surface area contributed by atoms with Gasteiger partial charge in [-0.05, 0) is 32.9 Å². The van der Waals surface area contributed by atoms with E-state index >= 15 is 0 Å². The minimum absolute atomic E-state index is 0.168. The molecule has 0 amide bonds.